The van der Waals surface area contributed by atoms with Gasteiger partial charge in [0, 0.05) is 42.6 Å². The number of hydrogen-bond acceptors (Lipinski definition) is 7. The van der Waals surface area contributed by atoms with Crippen molar-refractivity contribution in [3.05, 3.63) is 41.4 Å². The van der Waals surface area contributed by atoms with Crippen LogP contribution in [0.25, 0.3) is 5.78 Å². The Morgan fingerprint density at radius 2 is 2.07 bits per heavy atom. The molecule has 4 heterocycles. The van der Waals surface area contributed by atoms with Crippen molar-refractivity contribution in [2.75, 3.05) is 18.4 Å². The van der Waals surface area contributed by atoms with E-state index < -0.39 is 0 Å². The Balaban J connectivity index is 1.46. The van der Waals surface area contributed by atoms with Gasteiger partial charge in [-0.1, -0.05) is 13.8 Å². The van der Waals surface area contributed by atoms with E-state index in [-0.39, 0.29) is 23.7 Å². The number of hydrogen-bond donors (Lipinski definition) is 1. The zero-order valence-electron chi connectivity index (χ0n) is 16.5. The van der Waals surface area contributed by atoms with Crippen LogP contribution in [0.1, 0.15) is 54.0 Å². The second-order valence-electron chi connectivity index (χ2n) is 7.52. The summed E-state index contributed by atoms with van der Waals surface area (Å²) < 4.78 is 1.61. The average Bonchev–Trinajstić information content (AvgIpc) is 3.28. The van der Waals surface area contributed by atoms with Crippen molar-refractivity contribution in [1.82, 2.24) is 34.4 Å². The van der Waals surface area contributed by atoms with E-state index in [1.165, 1.54) is 0 Å². The molecule has 146 valence electrons. The smallest absolute Gasteiger partial charge is 0.293 e. The van der Waals surface area contributed by atoms with Crippen LogP contribution in [0, 0.1) is 13.8 Å². The first-order valence-corrected chi connectivity index (χ1v) is 9.50. The van der Waals surface area contributed by atoms with Gasteiger partial charge in [-0.15, -0.1) is 5.10 Å². The number of rotatable bonds is 4. The highest BCUT2D eigenvalue weighted by Crippen LogP contribution is 2.18. The monoisotopic (exact) mass is 380 g/mol. The number of nitrogens with zero attached hydrogens (tertiary/aromatic N) is 7. The molecular weight excluding hydrogens is 356 g/mol. The molecular formula is C19H24N8O. The first-order chi connectivity index (χ1) is 13.4. The number of likely N-dealkylation sites (tertiary alicyclic amines) is 1. The highest BCUT2D eigenvalue weighted by atomic mass is 16.2. The van der Waals surface area contributed by atoms with Gasteiger partial charge >= 0.3 is 0 Å². The van der Waals surface area contributed by atoms with Gasteiger partial charge in [0.15, 0.2) is 0 Å². The van der Waals surface area contributed by atoms with Crippen LogP contribution in [0.5, 0.6) is 0 Å². The molecule has 0 radical (unpaired) electrons. The van der Waals surface area contributed by atoms with Crippen LogP contribution in [0.4, 0.5) is 5.82 Å². The first-order valence-electron chi connectivity index (χ1n) is 9.50. The Hall–Kier alpha value is -3.10. The molecule has 0 aromatic carbocycles. The molecule has 9 heteroatoms. The molecule has 1 atom stereocenters. The summed E-state index contributed by atoms with van der Waals surface area (Å²) in [4.78, 5) is 32.2. The van der Waals surface area contributed by atoms with Crippen molar-refractivity contribution >= 4 is 17.5 Å². The van der Waals surface area contributed by atoms with Crippen molar-refractivity contribution in [3.63, 3.8) is 0 Å². The maximum absolute atomic E-state index is 12.9. The molecule has 1 N–H and O–H groups in total. The Labute approximate surface area is 163 Å². The van der Waals surface area contributed by atoms with Crippen LogP contribution in [0.15, 0.2) is 18.3 Å². The molecule has 0 saturated carbocycles. The van der Waals surface area contributed by atoms with Crippen LogP contribution in [-0.4, -0.2) is 59.5 Å². The summed E-state index contributed by atoms with van der Waals surface area (Å²) in [5.74, 6) is 2.34. The molecule has 28 heavy (non-hydrogen) atoms. The summed E-state index contributed by atoms with van der Waals surface area (Å²) in [6, 6.07) is 3.91. The zero-order valence-corrected chi connectivity index (χ0v) is 16.5. The minimum Gasteiger partial charge on any atom is -0.365 e. The summed E-state index contributed by atoms with van der Waals surface area (Å²) in [7, 11) is 0. The van der Waals surface area contributed by atoms with Crippen molar-refractivity contribution in [3.8, 4) is 0 Å². The number of anilines is 1. The van der Waals surface area contributed by atoms with E-state index in [4.69, 9.17) is 0 Å². The summed E-state index contributed by atoms with van der Waals surface area (Å²) in [6.45, 7) is 9.19. The van der Waals surface area contributed by atoms with Gasteiger partial charge in [-0.25, -0.2) is 19.5 Å². The number of fused-ring (bicyclic) bond motifs is 1. The van der Waals surface area contributed by atoms with E-state index in [0.29, 0.717) is 18.9 Å². The third-order valence-electron chi connectivity index (χ3n) is 4.83. The van der Waals surface area contributed by atoms with E-state index in [1.807, 2.05) is 26.0 Å². The largest absolute Gasteiger partial charge is 0.365 e. The van der Waals surface area contributed by atoms with Gasteiger partial charge in [0.05, 0.1) is 0 Å². The van der Waals surface area contributed by atoms with Gasteiger partial charge < -0.3 is 10.2 Å². The summed E-state index contributed by atoms with van der Waals surface area (Å²) in [5, 5.41) is 7.76. The molecule has 1 amide bonds. The number of amides is 1. The lowest BCUT2D eigenvalue weighted by Gasteiger charge is -2.16. The molecule has 1 fully saturated rings. The van der Waals surface area contributed by atoms with Crippen molar-refractivity contribution in [1.29, 1.82) is 0 Å². The molecule has 3 aromatic rings. The number of aromatic nitrogens is 6. The van der Waals surface area contributed by atoms with E-state index in [2.05, 4.69) is 44.2 Å². The molecule has 4 rings (SSSR count). The highest BCUT2D eigenvalue weighted by Gasteiger charge is 2.29. The van der Waals surface area contributed by atoms with Gasteiger partial charge in [-0.2, -0.15) is 4.98 Å². The molecule has 0 spiro atoms. The Morgan fingerprint density at radius 3 is 2.86 bits per heavy atom. The van der Waals surface area contributed by atoms with Crippen LogP contribution in [0.3, 0.4) is 0 Å². The first kappa shape index (κ1) is 18.3. The number of carbonyl (C=O) groups excluding carboxylic acids is 1. The van der Waals surface area contributed by atoms with Gasteiger partial charge in [0.2, 0.25) is 5.82 Å². The topological polar surface area (TPSA) is 101 Å². The molecule has 1 aliphatic heterocycles. The lowest BCUT2D eigenvalue weighted by molar-refractivity contribution is 0.0780. The zero-order chi connectivity index (χ0) is 19.8. The van der Waals surface area contributed by atoms with E-state index >= 15 is 0 Å². The molecule has 3 aromatic heterocycles. The number of carbonyl (C=O) groups is 1. The third kappa shape index (κ3) is 3.51. The maximum Gasteiger partial charge on any atom is 0.293 e. The fraction of sp³-hybridized carbons (Fsp3) is 0.474. The lowest BCUT2D eigenvalue weighted by atomic mass is 10.2. The van der Waals surface area contributed by atoms with Crippen LogP contribution < -0.4 is 5.32 Å². The molecule has 0 unspecified atom stereocenters. The highest BCUT2D eigenvalue weighted by molar-refractivity contribution is 5.91. The predicted molar refractivity (Wildman–Crippen MR) is 104 cm³/mol. The van der Waals surface area contributed by atoms with Crippen LogP contribution in [0.2, 0.25) is 0 Å². The van der Waals surface area contributed by atoms with Gasteiger partial charge in [0.1, 0.15) is 11.6 Å². The van der Waals surface area contributed by atoms with E-state index in [1.54, 1.807) is 15.6 Å². The Morgan fingerprint density at radius 1 is 1.25 bits per heavy atom. The normalized spacial score (nSPS) is 16.9. The summed E-state index contributed by atoms with van der Waals surface area (Å²) in [5.41, 5.74) is 1.76. The van der Waals surface area contributed by atoms with Crippen molar-refractivity contribution < 1.29 is 4.79 Å². The SMILES string of the molecule is Cc1cc(C)n2nc(C(=O)N3CC[C@H](Nc4ccnc(C(C)C)n4)C3)nc2n1. The van der Waals surface area contributed by atoms with Gasteiger partial charge in [-0.05, 0) is 32.4 Å². The van der Waals surface area contributed by atoms with E-state index in [0.717, 1.165) is 29.5 Å². The fourth-order valence-electron chi connectivity index (χ4n) is 3.40. The lowest BCUT2D eigenvalue weighted by Crippen LogP contribution is -2.32. The second kappa shape index (κ2) is 7.14. The molecule has 0 aliphatic carbocycles. The predicted octanol–water partition coefficient (Wildman–Crippen LogP) is 1.98. The number of aryl methyl sites for hydroxylation is 2. The third-order valence-corrected chi connectivity index (χ3v) is 4.83. The van der Waals surface area contributed by atoms with Crippen LogP contribution in [-0.2, 0) is 0 Å². The Kier molecular flexibility index (Phi) is 4.66. The van der Waals surface area contributed by atoms with Gasteiger partial charge in [-0.3, -0.25) is 4.79 Å². The second-order valence-corrected chi connectivity index (χ2v) is 7.52. The van der Waals surface area contributed by atoms with Crippen molar-refractivity contribution in [2.45, 2.75) is 46.1 Å². The van der Waals surface area contributed by atoms with Gasteiger partial charge in [0.25, 0.3) is 11.7 Å². The quantitative estimate of drug-likeness (QED) is 0.738. The number of nitrogens with one attached hydrogen (secondary N) is 1. The van der Waals surface area contributed by atoms with E-state index in [9.17, 15) is 4.79 Å². The fourth-order valence-corrected chi connectivity index (χ4v) is 3.40. The average molecular weight is 380 g/mol. The minimum absolute atomic E-state index is 0.137. The van der Waals surface area contributed by atoms with Crippen molar-refractivity contribution in [2.24, 2.45) is 0 Å². The summed E-state index contributed by atoms with van der Waals surface area (Å²) >= 11 is 0. The van der Waals surface area contributed by atoms with Crippen LogP contribution >= 0.6 is 0 Å². The maximum atomic E-state index is 12.9. The molecule has 0 bridgehead atoms. The minimum atomic E-state index is -0.169. The summed E-state index contributed by atoms with van der Waals surface area (Å²) in [6.07, 6.45) is 2.61. The Bertz CT molecular complexity index is 1030. The molecule has 1 aliphatic rings. The molecule has 9 nitrogen and oxygen atoms in total. The standard InChI is InChI=1S/C19H24N8O/c1-11(2)16-20-7-5-15(23-16)22-14-6-8-26(10-14)18(28)17-24-19-21-12(3)9-13(4)27(19)25-17/h5,7,9,11,14H,6,8,10H2,1-4H3,(H,20,22,23)/t14-/m0/s1. The molecule has 1 saturated heterocycles.